The van der Waals surface area contributed by atoms with Crippen molar-refractivity contribution in [2.45, 2.75) is 42.6 Å². The van der Waals surface area contributed by atoms with Gasteiger partial charge in [0.15, 0.2) is 14.9 Å². The highest BCUT2D eigenvalue weighted by Crippen LogP contribution is 2.59. The summed E-state index contributed by atoms with van der Waals surface area (Å²) < 4.78 is 38.8. The zero-order valence-electron chi connectivity index (χ0n) is 21.6. The highest BCUT2D eigenvalue weighted by atomic mass is 32.2. The van der Waals surface area contributed by atoms with Crippen LogP contribution in [0.2, 0.25) is 0 Å². The molecule has 16 heteroatoms. The van der Waals surface area contributed by atoms with Crippen LogP contribution >= 0.6 is 11.3 Å². The van der Waals surface area contributed by atoms with E-state index < -0.39 is 60.9 Å². The molecule has 1 saturated heterocycles. The number of non-ortho nitro benzene ring substituents is 1. The first-order valence-corrected chi connectivity index (χ1v) is 16.1. The monoisotopic (exact) mass is 608 g/mol. The number of nitro groups is 1. The number of rotatable bonds is 8. The van der Waals surface area contributed by atoms with Gasteiger partial charge in [0.2, 0.25) is 11.1 Å². The lowest BCUT2D eigenvalue weighted by Gasteiger charge is -2.51. The number of hydrogen-bond donors (Lipinski definition) is 2. The zero-order chi connectivity index (χ0) is 29.5. The summed E-state index contributed by atoms with van der Waals surface area (Å²) in [6.45, 7) is 3.20. The number of benzene rings is 1. The molecule has 1 fully saturated rings. The Kier molecular flexibility index (Phi) is 6.52. The number of imidazole rings is 1. The number of nitro benzene ring substituents is 1. The number of thiazole rings is 1. The summed E-state index contributed by atoms with van der Waals surface area (Å²) in [6, 6.07) is 4.99. The molecule has 1 amide bonds. The minimum Gasteiger partial charge on any atom is -0.477 e. The molecule has 0 spiro atoms. The van der Waals surface area contributed by atoms with E-state index in [4.69, 9.17) is 0 Å². The van der Waals surface area contributed by atoms with Crippen LogP contribution in [0.4, 0.5) is 5.69 Å². The second-order valence-corrected chi connectivity index (χ2v) is 14.4. The summed E-state index contributed by atoms with van der Waals surface area (Å²) in [5.41, 5.74) is -0.682. The number of hydrogen-bond acceptors (Lipinski definition) is 10. The van der Waals surface area contributed by atoms with E-state index in [2.05, 4.69) is 4.98 Å². The number of carboxylic acid groups (broad SMARTS) is 1. The third-order valence-electron chi connectivity index (χ3n) is 7.40. The van der Waals surface area contributed by atoms with Crippen LogP contribution in [0, 0.1) is 21.4 Å². The number of aliphatic hydroxyl groups is 1. The average Bonchev–Trinajstić information content (AvgIpc) is 3.46. The van der Waals surface area contributed by atoms with Crippen LogP contribution in [-0.2, 0) is 36.6 Å². The van der Waals surface area contributed by atoms with Crippen LogP contribution in [0.25, 0.3) is 10.4 Å². The minimum atomic E-state index is -3.85. The number of β-lactam (4-membered cyclic amide) rings is 1. The summed E-state index contributed by atoms with van der Waals surface area (Å²) in [7, 11) is -5.54. The van der Waals surface area contributed by atoms with Crippen molar-refractivity contribution in [1.29, 1.82) is 0 Å². The number of aliphatic carboxylic acids is 1. The third-order valence-corrected chi connectivity index (χ3v) is 10.4. The molecule has 2 aromatic heterocycles. The number of sulfone groups is 1. The first-order valence-electron chi connectivity index (χ1n) is 11.9. The maximum Gasteiger partial charge on any atom is 0.352 e. The van der Waals surface area contributed by atoms with Gasteiger partial charge >= 0.3 is 5.97 Å². The fourth-order valence-electron chi connectivity index (χ4n) is 5.80. The van der Waals surface area contributed by atoms with Crippen molar-refractivity contribution in [2.75, 3.05) is 12.5 Å². The van der Waals surface area contributed by atoms with E-state index in [9.17, 15) is 42.5 Å². The van der Waals surface area contributed by atoms with Crippen molar-refractivity contribution >= 4 is 59.9 Å². The van der Waals surface area contributed by atoms with E-state index in [0.717, 1.165) is 22.5 Å². The van der Waals surface area contributed by atoms with Gasteiger partial charge in [-0.2, -0.15) is 0 Å². The van der Waals surface area contributed by atoms with Crippen LogP contribution in [0.1, 0.15) is 24.3 Å². The molecule has 1 aromatic carbocycles. The lowest BCUT2D eigenvalue weighted by Crippen LogP contribution is -2.66. The standard InChI is InChI=1S/C24H24N4O9S3/c1-11(29)15-18-24(2,9-12-5-7-13(8-6-12)28(33)34)16(17(22(31)32)27(18)20(15)30)14-10-26-21(38-14)19(40(4,36)37)25-23(26)39(3)35/h5-8,10-11,15,18,29H,9H2,1-4H3,(H,31,32)/t11-,15-,18-,24+,39?/m1/s1. The van der Waals surface area contributed by atoms with Crippen molar-refractivity contribution in [3.05, 3.63) is 56.7 Å². The van der Waals surface area contributed by atoms with E-state index in [1.807, 2.05) is 0 Å². The van der Waals surface area contributed by atoms with Gasteiger partial charge in [-0.05, 0) is 18.9 Å². The summed E-state index contributed by atoms with van der Waals surface area (Å²) in [5, 5.41) is 31.6. The van der Waals surface area contributed by atoms with Gasteiger partial charge in [-0.25, -0.2) is 18.2 Å². The Bertz CT molecular complexity index is 1770. The van der Waals surface area contributed by atoms with Crippen molar-refractivity contribution < 1.29 is 37.4 Å². The van der Waals surface area contributed by atoms with Gasteiger partial charge in [0.1, 0.15) is 10.5 Å². The van der Waals surface area contributed by atoms with Crippen LogP contribution in [0.5, 0.6) is 0 Å². The molecule has 5 rings (SSSR count). The van der Waals surface area contributed by atoms with Gasteiger partial charge in [-0.3, -0.25) is 23.5 Å². The molecule has 2 aliphatic heterocycles. The lowest BCUT2D eigenvalue weighted by atomic mass is 9.64. The van der Waals surface area contributed by atoms with Crippen LogP contribution in [-0.4, -0.2) is 78.6 Å². The fourth-order valence-corrected chi connectivity index (χ4v) is 8.98. The fraction of sp³-hybridized carbons (Fsp3) is 0.375. The Balaban J connectivity index is 1.77. The quantitative estimate of drug-likeness (QED) is 0.216. The molecular weight excluding hydrogens is 584 g/mol. The van der Waals surface area contributed by atoms with Gasteiger partial charge in [0.25, 0.3) is 5.69 Å². The molecule has 212 valence electrons. The van der Waals surface area contributed by atoms with Crippen LogP contribution < -0.4 is 0 Å². The number of carbonyl (C=O) groups excluding carboxylic acids is 1. The molecule has 0 saturated carbocycles. The molecule has 0 radical (unpaired) electrons. The van der Waals surface area contributed by atoms with E-state index in [1.54, 1.807) is 19.1 Å². The predicted octanol–water partition coefficient (Wildman–Crippen LogP) is 1.71. The molecule has 0 aliphatic carbocycles. The van der Waals surface area contributed by atoms with Crippen molar-refractivity contribution in [3.63, 3.8) is 0 Å². The minimum absolute atomic E-state index is 0.0355. The smallest absolute Gasteiger partial charge is 0.352 e. The largest absolute Gasteiger partial charge is 0.477 e. The number of aliphatic hydroxyl groups excluding tert-OH is 1. The van der Waals surface area contributed by atoms with Crippen molar-refractivity contribution in [1.82, 2.24) is 14.3 Å². The molecule has 1 unspecified atom stereocenters. The average molecular weight is 609 g/mol. The summed E-state index contributed by atoms with van der Waals surface area (Å²) in [6.07, 6.45) is 2.83. The highest BCUT2D eigenvalue weighted by molar-refractivity contribution is 7.91. The van der Waals surface area contributed by atoms with Crippen molar-refractivity contribution in [2.24, 2.45) is 11.3 Å². The normalized spacial score (nSPS) is 24.2. The van der Waals surface area contributed by atoms with Gasteiger partial charge in [0.05, 0.1) is 38.7 Å². The van der Waals surface area contributed by atoms with E-state index in [-0.39, 0.29) is 38.4 Å². The molecular formula is C24H24N4O9S3. The lowest BCUT2D eigenvalue weighted by molar-refractivity contribution is -0.384. The van der Waals surface area contributed by atoms with E-state index in [0.29, 0.717) is 10.4 Å². The third kappa shape index (κ3) is 4.08. The van der Waals surface area contributed by atoms with Gasteiger partial charge < -0.3 is 15.1 Å². The number of carbonyl (C=O) groups is 2. The maximum absolute atomic E-state index is 13.1. The number of aromatic nitrogens is 2. The predicted molar refractivity (Wildman–Crippen MR) is 144 cm³/mol. The Morgan fingerprint density at radius 2 is 1.95 bits per heavy atom. The first-order chi connectivity index (χ1) is 18.6. The van der Waals surface area contributed by atoms with E-state index in [1.165, 1.54) is 35.9 Å². The molecule has 0 bridgehead atoms. The summed E-state index contributed by atoms with van der Waals surface area (Å²) in [4.78, 5) is 42.1. The molecule has 3 aromatic rings. The number of fused-ring (bicyclic) bond motifs is 2. The first kappa shape index (κ1) is 28.1. The van der Waals surface area contributed by atoms with Crippen LogP contribution in [0.3, 0.4) is 0 Å². The second kappa shape index (κ2) is 9.29. The Labute approximate surface area is 234 Å². The molecule has 40 heavy (non-hydrogen) atoms. The van der Waals surface area contributed by atoms with Gasteiger partial charge in [-0.1, -0.05) is 19.1 Å². The molecule has 2 aliphatic rings. The summed E-state index contributed by atoms with van der Waals surface area (Å²) >= 11 is 0.945. The van der Waals surface area contributed by atoms with Gasteiger partial charge in [-0.15, -0.1) is 11.3 Å². The molecule has 4 heterocycles. The molecule has 2 N–H and O–H groups in total. The highest BCUT2D eigenvalue weighted by Gasteiger charge is 2.66. The zero-order valence-corrected chi connectivity index (χ0v) is 24.0. The maximum atomic E-state index is 13.1. The van der Waals surface area contributed by atoms with Crippen LogP contribution in [0.15, 0.2) is 46.3 Å². The second-order valence-electron chi connectivity index (χ2n) is 10.2. The Hall–Kier alpha value is -3.47. The van der Waals surface area contributed by atoms with Gasteiger partial charge in [0, 0.05) is 41.8 Å². The summed E-state index contributed by atoms with van der Waals surface area (Å²) in [5.74, 6) is -2.85. The number of carboxylic acids is 1. The van der Waals surface area contributed by atoms with Crippen molar-refractivity contribution in [3.8, 4) is 0 Å². The topological polar surface area (TPSA) is 189 Å². The molecule has 5 atom stereocenters. The van der Waals surface area contributed by atoms with E-state index >= 15 is 0 Å². The Morgan fingerprint density at radius 1 is 1.32 bits per heavy atom. The number of nitrogens with zero attached hydrogens (tertiary/aromatic N) is 4. The Morgan fingerprint density at radius 3 is 2.45 bits per heavy atom. The number of amides is 1. The SMILES string of the molecule is C[C@@H](O)[C@H]1C(=O)N2C(C(=O)O)=C(c3cn4c(S(C)=O)nc(S(C)(=O)=O)c4s3)[C@](C)(Cc3ccc([N+](=O)[O-])cc3)[C@@H]12. The molecule has 13 nitrogen and oxygen atoms in total.